The van der Waals surface area contributed by atoms with Crippen molar-refractivity contribution in [3.05, 3.63) is 46.2 Å². The highest BCUT2D eigenvalue weighted by molar-refractivity contribution is 7.16. The number of alkyl carbamates (subject to hydrolysis) is 1. The number of nitrogens with zero attached hydrogens (tertiary/aromatic N) is 1. The molecular weight excluding hydrogens is 430 g/mol. The van der Waals surface area contributed by atoms with Gasteiger partial charge in [-0.3, -0.25) is 4.79 Å². The monoisotopic (exact) mass is 455 g/mol. The summed E-state index contributed by atoms with van der Waals surface area (Å²) in [5.74, 6) is 0.218. The van der Waals surface area contributed by atoms with Crippen LogP contribution in [0, 0.1) is 11.3 Å². The molecule has 2 amide bonds. The molecule has 2 heterocycles. The minimum absolute atomic E-state index is 0.0352. The summed E-state index contributed by atoms with van der Waals surface area (Å²) in [5.41, 5.74) is 1.40. The van der Waals surface area contributed by atoms with E-state index in [0.717, 1.165) is 23.3 Å². The van der Waals surface area contributed by atoms with Gasteiger partial charge in [-0.05, 0) is 62.3 Å². The third-order valence-corrected chi connectivity index (χ3v) is 6.97. The number of aliphatic hydroxyl groups is 1. The molecule has 1 unspecified atom stereocenters. The molecule has 2 aromatic heterocycles. The number of carbonyl (C=O) groups excluding carboxylic acids is 2. The van der Waals surface area contributed by atoms with Crippen LogP contribution in [0.25, 0.3) is 6.08 Å². The molecule has 0 spiro atoms. The molecule has 0 saturated heterocycles. The van der Waals surface area contributed by atoms with Gasteiger partial charge in [0.05, 0.1) is 17.9 Å². The van der Waals surface area contributed by atoms with E-state index in [4.69, 9.17) is 9.15 Å². The maximum absolute atomic E-state index is 12.3. The van der Waals surface area contributed by atoms with E-state index in [2.05, 4.69) is 16.7 Å². The van der Waals surface area contributed by atoms with Crippen LogP contribution in [0.1, 0.15) is 53.9 Å². The molecule has 9 heteroatoms. The number of amides is 2. The molecule has 3 N–H and O–H groups in total. The molecule has 2 aliphatic rings. The molecule has 0 radical (unpaired) electrons. The predicted molar refractivity (Wildman–Crippen MR) is 119 cm³/mol. The van der Waals surface area contributed by atoms with Gasteiger partial charge in [-0.15, -0.1) is 11.3 Å². The van der Waals surface area contributed by atoms with Gasteiger partial charge in [-0.2, -0.15) is 5.26 Å². The van der Waals surface area contributed by atoms with Crippen LogP contribution in [0.4, 0.5) is 9.80 Å². The number of nitriles is 1. The van der Waals surface area contributed by atoms with Crippen LogP contribution in [0.5, 0.6) is 0 Å². The summed E-state index contributed by atoms with van der Waals surface area (Å²) in [5, 5.41) is 25.4. The SMILES string of the molecule is N#Cc1c(NC(=O)C=Cc2ccco2)sc2c1CCC(OC(=O)NC1CCC(O)CC1)C2. The van der Waals surface area contributed by atoms with Gasteiger partial charge in [0.15, 0.2) is 0 Å². The minimum atomic E-state index is -0.437. The number of ether oxygens (including phenoxy) is 1. The largest absolute Gasteiger partial charge is 0.465 e. The average molecular weight is 456 g/mol. The molecular formula is C23H25N3O5S. The van der Waals surface area contributed by atoms with E-state index >= 15 is 0 Å². The summed E-state index contributed by atoms with van der Waals surface area (Å²) in [7, 11) is 0. The van der Waals surface area contributed by atoms with Gasteiger partial charge < -0.3 is 24.9 Å². The fraction of sp³-hybridized carbons (Fsp3) is 0.435. The first-order chi connectivity index (χ1) is 15.5. The van der Waals surface area contributed by atoms with E-state index in [9.17, 15) is 20.0 Å². The Bertz CT molecular complexity index is 1030. The van der Waals surface area contributed by atoms with Crippen molar-refractivity contribution in [1.29, 1.82) is 5.26 Å². The van der Waals surface area contributed by atoms with Gasteiger partial charge in [-0.1, -0.05) is 0 Å². The number of carbonyl (C=O) groups is 2. The Morgan fingerprint density at radius 3 is 2.81 bits per heavy atom. The third kappa shape index (κ3) is 5.39. The van der Waals surface area contributed by atoms with Crippen LogP contribution in [-0.2, 0) is 22.4 Å². The first-order valence-electron chi connectivity index (χ1n) is 10.7. The molecule has 1 atom stereocenters. The van der Waals surface area contributed by atoms with Crippen molar-refractivity contribution in [2.24, 2.45) is 0 Å². The molecule has 0 aromatic carbocycles. The zero-order valence-corrected chi connectivity index (χ0v) is 18.3. The van der Waals surface area contributed by atoms with E-state index in [-0.39, 0.29) is 24.2 Å². The topological polar surface area (TPSA) is 125 Å². The van der Waals surface area contributed by atoms with Crippen LogP contribution < -0.4 is 10.6 Å². The second-order valence-corrected chi connectivity index (χ2v) is 9.18. The quantitative estimate of drug-likeness (QED) is 0.590. The van der Waals surface area contributed by atoms with E-state index in [1.165, 1.54) is 23.7 Å². The molecule has 4 rings (SSSR count). The van der Waals surface area contributed by atoms with E-state index in [0.29, 0.717) is 48.4 Å². The zero-order valence-electron chi connectivity index (χ0n) is 17.5. The van der Waals surface area contributed by atoms with Gasteiger partial charge in [-0.25, -0.2) is 4.79 Å². The summed E-state index contributed by atoms with van der Waals surface area (Å²) in [6, 6.07) is 5.71. The Labute approximate surface area is 189 Å². The van der Waals surface area contributed by atoms with Crippen molar-refractivity contribution < 1.29 is 23.8 Å². The van der Waals surface area contributed by atoms with Gasteiger partial charge in [0.25, 0.3) is 0 Å². The Morgan fingerprint density at radius 2 is 2.09 bits per heavy atom. The molecule has 8 nitrogen and oxygen atoms in total. The van der Waals surface area contributed by atoms with Gasteiger partial charge in [0, 0.05) is 23.4 Å². The fourth-order valence-corrected chi connectivity index (χ4v) is 5.40. The van der Waals surface area contributed by atoms with Crippen molar-refractivity contribution in [2.45, 2.75) is 63.2 Å². The summed E-state index contributed by atoms with van der Waals surface area (Å²) < 4.78 is 10.8. The number of hydrogen-bond acceptors (Lipinski definition) is 7. The van der Waals surface area contributed by atoms with E-state index in [1.54, 1.807) is 18.2 Å². The maximum atomic E-state index is 12.3. The van der Waals surface area contributed by atoms with E-state index < -0.39 is 6.09 Å². The minimum Gasteiger partial charge on any atom is -0.465 e. The van der Waals surface area contributed by atoms with Crippen molar-refractivity contribution in [3.8, 4) is 6.07 Å². The second-order valence-electron chi connectivity index (χ2n) is 8.08. The van der Waals surface area contributed by atoms with E-state index in [1.807, 2.05) is 0 Å². The molecule has 168 valence electrons. The highest BCUT2D eigenvalue weighted by atomic mass is 32.1. The highest BCUT2D eigenvalue weighted by Gasteiger charge is 2.29. The van der Waals surface area contributed by atoms with Crippen molar-refractivity contribution in [2.75, 3.05) is 5.32 Å². The lowest BCUT2D eigenvalue weighted by atomic mass is 9.93. The number of fused-ring (bicyclic) bond motifs is 1. The predicted octanol–water partition coefficient (Wildman–Crippen LogP) is 3.75. The van der Waals surface area contributed by atoms with Gasteiger partial charge >= 0.3 is 6.09 Å². The molecule has 0 bridgehead atoms. The lowest BCUT2D eigenvalue weighted by Crippen LogP contribution is -2.41. The van der Waals surface area contributed by atoms with Gasteiger partial charge in [0.1, 0.15) is 22.9 Å². The highest BCUT2D eigenvalue weighted by Crippen LogP contribution is 2.38. The maximum Gasteiger partial charge on any atom is 0.407 e. The number of aliphatic hydroxyl groups excluding tert-OH is 1. The summed E-state index contributed by atoms with van der Waals surface area (Å²) in [6.45, 7) is 0. The van der Waals surface area contributed by atoms with Crippen LogP contribution >= 0.6 is 11.3 Å². The number of anilines is 1. The number of thiophene rings is 1. The van der Waals surface area contributed by atoms with Crippen molar-refractivity contribution >= 4 is 34.4 Å². The molecule has 1 saturated carbocycles. The van der Waals surface area contributed by atoms with Crippen LogP contribution in [0.15, 0.2) is 28.9 Å². The Hall–Kier alpha value is -3.09. The number of furan rings is 1. The summed E-state index contributed by atoms with van der Waals surface area (Å²) in [6.07, 6.45) is 8.09. The average Bonchev–Trinajstić information content (AvgIpc) is 3.40. The van der Waals surface area contributed by atoms with Gasteiger partial charge in [0.2, 0.25) is 5.91 Å². The first-order valence-corrected chi connectivity index (χ1v) is 11.6. The molecule has 1 fully saturated rings. The van der Waals surface area contributed by atoms with Crippen molar-refractivity contribution in [1.82, 2.24) is 5.32 Å². The van der Waals surface area contributed by atoms with Crippen LogP contribution in [0.2, 0.25) is 0 Å². The molecule has 2 aromatic rings. The number of hydrogen-bond donors (Lipinski definition) is 3. The standard InChI is InChI=1S/C23H25N3O5S/c24-13-19-18-9-7-17(31-23(29)25-14-3-5-15(27)6-4-14)12-20(18)32-22(19)26-21(28)10-8-16-2-1-11-30-16/h1-2,8,10-11,14-15,17,27H,3-7,9,12H2,(H,25,29)(H,26,28). The summed E-state index contributed by atoms with van der Waals surface area (Å²) in [4.78, 5) is 25.5. The number of rotatable bonds is 5. The van der Waals surface area contributed by atoms with Crippen LogP contribution in [-0.4, -0.2) is 35.4 Å². The molecule has 0 aliphatic heterocycles. The lowest BCUT2D eigenvalue weighted by Gasteiger charge is -2.28. The second kappa shape index (κ2) is 10.0. The molecule has 32 heavy (non-hydrogen) atoms. The fourth-order valence-electron chi connectivity index (χ4n) is 4.13. The van der Waals surface area contributed by atoms with Crippen LogP contribution in [0.3, 0.4) is 0 Å². The Morgan fingerprint density at radius 1 is 1.28 bits per heavy atom. The first kappa shape index (κ1) is 22.1. The third-order valence-electron chi connectivity index (χ3n) is 5.80. The lowest BCUT2D eigenvalue weighted by molar-refractivity contribution is -0.111. The Balaban J connectivity index is 1.35. The number of nitrogens with one attached hydrogen (secondary N) is 2. The zero-order chi connectivity index (χ0) is 22.5. The smallest absolute Gasteiger partial charge is 0.407 e. The summed E-state index contributed by atoms with van der Waals surface area (Å²) >= 11 is 1.35. The molecule has 2 aliphatic carbocycles. The normalized spacial score (nSPS) is 22.7. The Kier molecular flexibility index (Phi) is 6.93. The van der Waals surface area contributed by atoms with Crippen molar-refractivity contribution in [3.63, 3.8) is 0 Å².